The minimum absolute atomic E-state index is 0.187. The highest BCUT2D eigenvalue weighted by atomic mass is 16.6. The molecule has 0 unspecified atom stereocenters. The van der Waals surface area contributed by atoms with Gasteiger partial charge < -0.3 is 10.1 Å². The van der Waals surface area contributed by atoms with Crippen molar-refractivity contribution in [3.63, 3.8) is 0 Å². The van der Waals surface area contributed by atoms with Crippen LogP contribution in [0.1, 0.15) is 45.0 Å². The minimum Gasteiger partial charge on any atom is -0.456 e. The number of hydrogen-bond donors (Lipinski definition) is 1. The van der Waals surface area contributed by atoms with Crippen LogP contribution in [0.4, 0.5) is 5.82 Å². The molecule has 0 aliphatic carbocycles. The van der Waals surface area contributed by atoms with Crippen molar-refractivity contribution >= 4 is 17.7 Å². The van der Waals surface area contributed by atoms with E-state index in [-0.39, 0.29) is 23.2 Å². The van der Waals surface area contributed by atoms with Crippen LogP contribution in [-0.4, -0.2) is 22.5 Å². The van der Waals surface area contributed by atoms with E-state index in [1.54, 1.807) is 46.8 Å². The highest BCUT2D eigenvalue weighted by Crippen LogP contribution is 2.17. The van der Waals surface area contributed by atoms with E-state index in [1.807, 2.05) is 0 Å². The third kappa shape index (κ3) is 4.69. The monoisotopic (exact) mass is 264 g/mol. The van der Waals surface area contributed by atoms with Gasteiger partial charge in [0.25, 0.3) is 0 Å². The van der Waals surface area contributed by atoms with Crippen molar-refractivity contribution < 1.29 is 14.3 Å². The summed E-state index contributed by atoms with van der Waals surface area (Å²) in [5.41, 5.74) is -0.335. The molecule has 0 aliphatic heterocycles. The number of ether oxygens (including phenoxy) is 1. The average molecular weight is 264 g/mol. The molecule has 104 valence electrons. The zero-order valence-electron chi connectivity index (χ0n) is 12.0. The van der Waals surface area contributed by atoms with Gasteiger partial charge in [0.1, 0.15) is 17.0 Å². The van der Waals surface area contributed by atoms with Crippen LogP contribution in [0.25, 0.3) is 0 Å². The maximum absolute atomic E-state index is 12.0. The van der Waals surface area contributed by atoms with Crippen LogP contribution in [0.3, 0.4) is 0 Å². The smallest absolute Gasteiger partial charge is 0.342 e. The number of carbonyl (C=O) groups is 2. The Labute approximate surface area is 113 Å². The molecule has 5 heteroatoms. The number of nitrogens with zero attached hydrogens (tertiary/aromatic N) is 1. The fraction of sp³-hybridized carbons (Fsp3) is 0.500. The Bertz CT molecular complexity index is 476. The number of pyridine rings is 1. The summed E-state index contributed by atoms with van der Waals surface area (Å²) in [5, 5.41) is 2.63. The van der Waals surface area contributed by atoms with Crippen molar-refractivity contribution in [3.8, 4) is 0 Å². The summed E-state index contributed by atoms with van der Waals surface area (Å²) >= 11 is 0. The second kappa shape index (κ2) is 5.82. The van der Waals surface area contributed by atoms with Gasteiger partial charge in [0.15, 0.2) is 0 Å². The molecule has 1 amide bonds. The SMILES string of the molecule is CC(C)C(=O)Nc1ncccc1C(=O)OC(C)(C)C. The summed E-state index contributed by atoms with van der Waals surface area (Å²) in [7, 11) is 0. The van der Waals surface area contributed by atoms with Crippen LogP contribution in [0.2, 0.25) is 0 Å². The molecule has 0 saturated carbocycles. The fourth-order valence-corrected chi connectivity index (χ4v) is 1.26. The number of aromatic nitrogens is 1. The third-order valence-electron chi connectivity index (χ3n) is 2.19. The van der Waals surface area contributed by atoms with E-state index in [0.717, 1.165) is 0 Å². The van der Waals surface area contributed by atoms with E-state index in [9.17, 15) is 9.59 Å². The van der Waals surface area contributed by atoms with Gasteiger partial charge in [-0.25, -0.2) is 9.78 Å². The molecule has 5 nitrogen and oxygen atoms in total. The molecule has 1 aromatic heterocycles. The Balaban J connectivity index is 2.96. The van der Waals surface area contributed by atoms with Crippen molar-refractivity contribution in [1.29, 1.82) is 0 Å². The van der Waals surface area contributed by atoms with Crippen LogP contribution in [0.5, 0.6) is 0 Å². The molecule has 1 N–H and O–H groups in total. The van der Waals surface area contributed by atoms with Crippen molar-refractivity contribution in [1.82, 2.24) is 4.98 Å². The number of esters is 1. The average Bonchev–Trinajstić information content (AvgIpc) is 2.27. The third-order valence-corrected chi connectivity index (χ3v) is 2.19. The summed E-state index contributed by atoms with van der Waals surface area (Å²) in [6.45, 7) is 8.89. The van der Waals surface area contributed by atoms with Gasteiger partial charge in [-0.2, -0.15) is 0 Å². The van der Waals surface area contributed by atoms with Gasteiger partial charge in [-0.15, -0.1) is 0 Å². The lowest BCUT2D eigenvalue weighted by Crippen LogP contribution is -2.26. The molecular formula is C14H20N2O3. The fourth-order valence-electron chi connectivity index (χ4n) is 1.26. The van der Waals surface area contributed by atoms with Gasteiger partial charge >= 0.3 is 5.97 Å². The largest absolute Gasteiger partial charge is 0.456 e. The van der Waals surface area contributed by atoms with E-state index in [0.29, 0.717) is 0 Å². The molecule has 19 heavy (non-hydrogen) atoms. The van der Waals surface area contributed by atoms with Gasteiger partial charge in [-0.05, 0) is 32.9 Å². The lowest BCUT2D eigenvalue weighted by Gasteiger charge is -2.20. The zero-order chi connectivity index (χ0) is 14.6. The number of rotatable bonds is 3. The van der Waals surface area contributed by atoms with Gasteiger partial charge in [-0.3, -0.25) is 4.79 Å². The molecule has 0 aliphatic rings. The predicted molar refractivity (Wildman–Crippen MR) is 72.9 cm³/mol. The molecule has 0 bridgehead atoms. The molecule has 0 spiro atoms. The van der Waals surface area contributed by atoms with E-state index in [2.05, 4.69) is 10.3 Å². The van der Waals surface area contributed by atoms with Crippen LogP contribution in [-0.2, 0) is 9.53 Å². The predicted octanol–water partition coefficient (Wildman–Crippen LogP) is 2.63. The van der Waals surface area contributed by atoms with Crippen molar-refractivity contribution in [2.75, 3.05) is 5.32 Å². The first-order valence-electron chi connectivity index (χ1n) is 6.20. The summed E-state index contributed by atoms with van der Waals surface area (Å²) in [4.78, 5) is 27.7. The molecule has 0 fully saturated rings. The Morgan fingerprint density at radius 1 is 1.32 bits per heavy atom. The maximum atomic E-state index is 12.0. The van der Waals surface area contributed by atoms with Crippen LogP contribution >= 0.6 is 0 Å². The lowest BCUT2D eigenvalue weighted by atomic mass is 10.1. The molecule has 0 atom stereocenters. The van der Waals surface area contributed by atoms with E-state index in [1.165, 1.54) is 6.20 Å². The van der Waals surface area contributed by atoms with E-state index in [4.69, 9.17) is 4.74 Å². The Hall–Kier alpha value is -1.91. The second-order valence-corrected chi connectivity index (χ2v) is 5.55. The van der Waals surface area contributed by atoms with Gasteiger partial charge in [0, 0.05) is 12.1 Å². The van der Waals surface area contributed by atoms with Crippen LogP contribution in [0.15, 0.2) is 18.3 Å². The number of nitrogens with one attached hydrogen (secondary N) is 1. The highest BCUT2D eigenvalue weighted by Gasteiger charge is 2.22. The Morgan fingerprint density at radius 3 is 2.47 bits per heavy atom. The van der Waals surface area contributed by atoms with Crippen LogP contribution in [0, 0.1) is 5.92 Å². The van der Waals surface area contributed by atoms with Crippen molar-refractivity contribution in [3.05, 3.63) is 23.9 Å². The summed E-state index contributed by atoms with van der Waals surface area (Å²) < 4.78 is 5.28. The normalized spacial score (nSPS) is 11.3. The first-order valence-corrected chi connectivity index (χ1v) is 6.20. The van der Waals surface area contributed by atoms with E-state index < -0.39 is 11.6 Å². The van der Waals surface area contributed by atoms with Gasteiger partial charge in [0.2, 0.25) is 5.91 Å². The molecule has 1 heterocycles. The van der Waals surface area contributed by atoms with E-state index >= 15 is 0 Å². The van der Waals surface area contributed by atoms with Crippen molar-refractivity contribution in [2.45, 2.75) is 40.2 Å². The Morgan fingerprint density at radius 2 is 1.95 bits per heavy atom. The summed E-state index contributed by atoms with van der Waals surface area (Å²) in [5.74, 6) is -0.646. The maximum Gasteiger partial charge on any atom is 0.342 e. The molecule has 0 aromatic carbocycles. The highest BCUT2D eigenvalue weighted by molar-refractivity contribution is 6.00. The lowest BCUT2D eigenvalue weighted by molar-refractivity contribution is -0.118. The minimum atomic E-state index is -0.591. The number of amides is 1. The molecule has 1 aromatic rings. The first kappa shape index (κ1) is 15.1. The number of carbonyl (C=O) groups excluding carboxylic acids is 2. The first-order chi connectivity index (χ1) is 8.70. The summed E-state index contributed by atoms with van der Waals surface area (Å²) in [6, 6.07) is 3.21. The van der Waals surface area contributed by atoms with Crippen LogP contribution < -0.4 is 5.32 Å². The van der Waals surface area contributed by atoms with Gasteiger partial charge in [-0.1, -0.05) is 13.8 Å². The topological polar surface area (TPSA) is 68.3 Å². The molecule has 1 rings (SSSR count). The summed E-state index contributed by atoms with van der Waals surface area (Å²) in [6.07, 6.45) is 1.52. The quantitative estimate of drug-likeness (QED) is 0.852. The standard InChI is InChI=1S/C14H20N2O3/c1-9(2)12(17)16-11-10(7-6-8-15-11)13(18)19-14(3,4)5/h6-9H,1-5H3,(H,15,16,17). The van der Waals surface area contributed by atoms with Gasteiger partial charge in [0.05, 0.1) is 0 Å². The van der Waals surface area contributed by atoms with Crippen molar-refractivity contribution in [2.24, 2.45) is 5.92 Å². The molecule has 0 saturated heterocycles. The second-order valence-electron chi connectivity index (χ2n) is 5.55. The molecular weight excluding hydrogens is 244 g/mol. The number of hydrogen-bond acceptors (Lipinski definition) is 4. The zero-order valence-corrected chi connectivity index (χ0v) is 12.0. The number of anilines is 1. The molecule has 0 radical (unpaired) electrons. The Kier molecular flexibility index (Phi) is 4.64.